The highest BCUT2D eigenvalue weighted by molar-refractivity contribution is 5.78. The lowest BCUT2D eigenvalue weighted by molar-refractivity contribution is -0.122. The number of carbonyl (C=O) groups is 1. The molecule has 0 unspecified atom stereocenters. The van der Waals surface area contributed by atoms with Crippen LogP contribution in [-0.4, -0.2) is 63.6 Å². The summed E-state index contributed by atoms with van der Waals surface area (Å²) in [4.78, 5) is 17.1. The maximum Gasteiger partial charge on any atom is 0.132 e. The SMILES string of the molecule is CC(=O)C1CCC(N2CCC(N3CCC(n4cc(C(C)C)cn4)CC3)CC2)CC1. The minimum atomic E-state index is 0.344. The third-order valence-electron chi connectivity index (χ3n) is 7.96. The summed E-state index contributed by atoms with van der Waals surface area (Å²) in [6, 6.07) is 2.08. The summed E-state index contributed by atoms with van der Waals surface area (Å²) in [5.41, 5.74) is 1.36. The molecule has 1 aromatic rings. The number of piperidine rings is 2. The van der Waals surface area contributed by atoms with Crippen LogP contribution in [0, 0.1) is 5.92 Å². The standard InChI is InChI=1S/C24H40N4O/c1-18(2)21-16-25-28(17-21)24-10-14-27(15-11-24)23-8-12-26(13-9-23)22-6-4-20(5-7-22)19(3)29/h16-18,20,22-24H,4-15H2,1-3H3. The Kier molecular flexibility index (Phi) is 6.75. The number of Topliss-reactive ketones (excluding diaryl/α,β-unsaturated/α-hetero) is 1. The summed E-state index contributed by atoms with van der Waals surface area (Å²) in [6.45, 7) is 11.2. The van der Waals surface area contributed by atoms with Gasteiger partial charge in [0.1, 0.15) is 5.78 Å². The van der Waals surface area contributed by atoms with E-state index in [0.717, 1.165) is 24.9 Å². The van der Waals surface area contributed by atoms with Gasteiger partial charge in [-0.15, -0.1) is 0 Å². The first kappa shape index (κ1) is 21.0. The van der Waals surface area contributed by atoms with E-state index >= 15 is 0 Å². The topological polar surface area (TPSA) is 41.4 Å². The Hall–Kier alpha value is -1.20. The number of nitrogens with zero attached hydrogens (tertiary/aromatic N) is 4. The van der Waals surface area contributed by atoms with E-state index in [0.29, 0.717) is 23.7 Å². The van der Waals surface area contributed by atoms with Crippen molar-refractivity contribution in [3.63, 3.8) is 0 Å². The molecular weight excluding hydrogens is 360 g/mol. The number of aromatic nitrogens is 2. The summed E-state index contributed by atoms with van der Waals surface area (Å²) < 4.78 is 2.23. The van der Waals surface area contributed by atoms with E-state index in [-0.39, 0.29) is 0 Å². The predicted octanol–water partition coefficient (Wildman–Crippen LogP) is 4.26. The number of ketones is 1. The molecule has 2 aliphatic heterocycles. The number of rotatable bonds is 5. The van der Waals surface area contributed by atoms with Crippen LogP contribution >= 0.6 is 0 Å². The Labute approximate surface area is 176 Å². The monoisotopic (exact) mass is 400 g/mol. The molecule has 0 amide bonds. The van der Waals surface area contributed by atoms with Crippen LogP contribution in [-0.2, 0) is 4.79 Å². The van der Waals surface area contributed by atoms with Crippen molar-refractivity contribution in [1.82, 2.24) is 19.6 Å². The van der Waals surface area contributed by atoms with Crippen LogP contribution in [0.4, 0.5) is 0 Å². The Morgan fingerprint density at radius 1 is 0.862 bits per heavy atom. The van der Waals surface area contributed by atoms with Crippen molar-refractivity contribution < 1.29 is 4.79 Å². The molecule has 4 rings (SSSR count). The minimum Gasteiger partial charge on any atom is -0.300 e. The van der Waals surface area contributed by atoms with Crippen LogP contribution in [0.15, 0.2) is 12.4 Å². The zero-order valence-electron chi connectivity index (χ0n) is 18.7. The van der Waals surface area contributed by atoms with Crippen molar-refractivity contribution in [2.24, 2.45) is 5.92 Å². The first-order valence-electron chi connectivity index (χ1n) is 12.0. The molecule has 3 aliphatic rings. The lowest BCUT2D eigenvalue weighted by Gasteiger charge is -2.45. The molecular formula is C24H40N4O. The molecule has 0 spiro atoms. The molecule has 5 heteroatoms. The van der Waals surface area contributed by atoms with E-state index in [9.17, 15) is 4.79 Å². The second-order valence-corrected chi connectivity index (χ2v) is 10.1. The van der Waals surface area contributed by atoms with Crippen molar-refractivity contribution >= 4 is 5.78 Å². The maximum absolute atomic E-state index is 11.6. The van der Waals surface area contributed by atoms with Gasteiger partial charge in [0.15, 0.2) is 0 Å². The van der Waals surface area contributed by atoms with Gasteiger partial charge in [0.05, 0.1) is 12.2 Å². The van der Waals surface area contributed by atoms with Gasteiger partial charge in [0.2, 0.25) is 0 Å². The van der Waals surface area contributed by atoms with Gasteiger partial charge in [0.25, 0.3) is 0 Å². The zero-order valence-corrected chi connectivity index (χ0v) is 18.7. The Morgan fingerprint density at radius 2 is 1.38 bits per heavy atom. The van der Waals surface area contributed by atoms with Gasteiger partial charge in [-0.3, -0.25) is 9.48 Å². The summed E-state index contributed by atoms with van der Waals surface area (Å²) in [7, 11) is 0. The largest absolute Gasteiger partial charge is 0.300 e. The molecule has 2 saturated heterocycles. The second kappa shape index (κ2) is 9.30. The van der Waals surface area contributed by atoms with E-state index in [1.54, 1.807) is 6.92 Å². The van der Waals surface area contributed by atoms with E-state index in [2.05, 4.69) is 45.8 Å². The molecule has 0 N–H and O–H groups in total. The summed E-state index contributed by atoms with van der Waals surface area (Å²) >= 11 is 0. The first-order valence-corrected chi connectivity index (χ1v) is 12.0. The van der Waals surface area contributed by atoms with E-state index in [1.807, 2.05) is 0 Å². The molecule has 0 aromatic carbocycles. The highest BCUT2D eigenvalue weighted by atomic mass is 16.1. The average Bonchev–Trinajstić information content (AvgIpc) is 3.25. The first-order chi connectivity index (χ1) is 14.0. The fourth-order valence-corrected chi connectivity index (χ4v) is 5.83. The number of likely N-dealkylation sites (tertiary alicyclic amines) is 2. The fraction of sp³-hybridized carbons (Fsp3) is 0.833. The normalized spacial score (nSPS) is 28.8. The van der Waals surface area contributed by atoms with Gasteiger partial charge in [-0.05, 0) is 82.9 Å². The molecule has 0 bridgehead atoms. The predicted molar refractivity (Wildman–Crippen MR) is 117 cm³/mol. The lowest BCUT2D eigenvalue weighted by Crippen LogP contribution is -2.50. The number of carbonyl (C=O) groups excluding carboxylic acids is 1. The molecule has 1 aromatic heterocycles. The number of hydrogen-bond acceptors (Lipinski definition) is 4. The van der Waals surface area contributed by atoms with E-state index < -0.39 is 0 Å². The van der Waals surface area contributed by atoms with Gasteiger partial charge in [-0.1, -0.05) is 13.8 Å². The highest BCUT2D eigenvalue weighted by Gasteiger charge is 2.33. The van der Waals surface area contributed by atoms with Crippen molar-refractivity contribution in [3.05, 3.63) is 18.0 Å². The van der Waals surface area contributed by atoms with Crippen molar-refractivity contribution in [1.29, 1.82) is 0 Å². The summed E-state index contributed by atoms with van der Waals surface area (Å²) in [6.07, 6.45) is 14.1. The molecule has 0 radical (unpaired) electrons. The van der Waals surface area contributed by atoms with Gasteiger partial charge >= 0.3 is 0 Å². The third kappa shape index (κ3) is 4.93. The molecule has 162 valence electrons. The summed E-state index contributed by atoms with van der Waals surface area (Å²) in [5.74, 6) is 1.31. The lowest BCUT2D eigenvalue weighted by atomic mass is 9.82. The molecule has 1 saturated carbocycles. The minimum absolute atomic E-state index is 0.344. The van der Waals surface area contributed by atoms with Crippen LogP contribution in [0.25, 0.3) is 0 Å². The van der Waals surface area contributed by atoms with Crippen molar-refractivity contribution in [3.8, 4) is 0 Å². The van der Waals surface area contributed by atoms with Crippen LogP contribution in [0.1, 0.15) is 89.7 Å². The molecule has 29 heavy (non-hydrogen) atoms. The van der Waals surface area contributed by atoms with Crippen LogP contribution in [0.3, 0.4) is 0 Å². The van der Waals surface area contributed by atoms with Crippen LogP contribution in [0.5, 0.6) is 0 Å². The second-order valence-electron chi connectivity index (χ2n) is 10.1. The Morgan fingerprint density at radius 3 is 1.86 bits per heavy atom. The molecule has 1 aliphatic carbocycles. The number of hydrogen-bond donors (Lipinski definition) is 0. The third-order valence-corrected chi connectivity index (χ3v) is 7.96. The van der Waals surface area contributed by atoms with Crippen molar-refractivity contribution in [2.45, 2.75) is 96.2 Å². The molecule has 3 heterocycles. The highest BCUT2D eigenvalue weighted by Crippen LogP contribution is 2.32. The van der Waals surface area contributed by atoms with Crippen molar-refractivity contribution in [2.75, 3.05) is 26.2 Å². The molecule has 0 atom stereocenters. The van der Waals surface area contributed by atoms with Crippen LogP contribution < -0.4 is 0 Å². The van der Waals surface area contributed by atoms with Gasteiger partial charge in [0, 0.05) is 37.3 Å². The zero-order chi connectivity index (χ0) is 20.4. The van der Waals surface area contributed by atoms with E-state index in [1.165, 1.54) is 70.3 Å². The smallest absolute Gasteiger partial charge is 0.132 e. The van der Waals surface area contributed by atoms with Gasteiger partial charge < -0.3 is 9.80 Å². The van der Waals surface area contributed by atoms with Crippen LogP contribution in [0.2, 0.25) is 0 Å². The maximum atomic E-state index is 11.6. The molecule has 3 fully saturated rings. The average molecular weight is 401 g/mol. The van der Waals surface area contributed by atoms with Gasteiger partial charge in [-0.2, -0.15) is 5.10 Å². The van der Waals surface area contributed by atoms with E-state index in [4.69, 9.17) is 0 Å². The van der Waals surface area contributed by atoms with Gasteiger partial charge in [-0.25, -0.2) is 0 Å². The quantitative estimate of drug-likeness (QED) is 0.741. The Bertz CT molecular complexity index is 660. The Balaban J connectivity index is 1.20. The summed E-state index contributed by atoms with van der Waals surface area (Å²) in [5, 5.41) is 4.65. The fourth-order valence-electron chi connectivity index (χ4n) is 5.83. The molecule has 5 nitrogen and oxygen atoms in total.